The van der Waals surface area contributed by atoms with Crippen molar-refractivity contribution in [3.05, 3.63) is 107 Å². The van der Waals surface area contributed by atoms with Crippen LogP contribution in [0.1, 0.15) is 15.9 Å². The first-order chi connectivity index (χ1) is 15.6. The highest BCUT2D eigenvalue weighted by atomic mass is 79.9. The number of hydrogen-bond donors (Lipinski definition) is 0. The summed E-state index contributed by atoms with van der Waals surface area (Å²) in [5.41, 5.74) is 3.58. The number of pyridine rings is 1. The number of esters is 1. The number of halogens is 1. The summed E-state index contributed by atoms with van der Waals surface area (Å²) in [4.78, 5) is 28.6. The van der Waals surface area contributed by atoms with E-state index < -0.39 is 5.97 Å². The molecule has 0 aliphatic heterocycles. The Morgan fingerprint density at radius 2 is 1.88 bits per heavy atom. The van der Waals surface area contributed by atoms with E-state index in [-0.39, 0.29) is 12.4 Å². The Kier molecular flexibility index (Phi) is 6.67. The van der Waals surface area contributed by atoms with Crippen LogP contribution in [0, 0.1) is 0 Å². The zero-order chi connectivity index (χ0) is 22.3. The van der Waals surface area contributed by atoms with E-state index in [4.69, 9.17) is 4.74 Å². The highest BCUT2D eigenvalue weighted by Crippen LogP contribution is 2.24. The fourth-order valence-electron chi connectivity index (χ4n) is 3.04. The van der Waals surface area contributed by atoms with Crippen LogP contribution in [-0.2, 0) is 9.53 Å². The fraction of sp³-hybridized carbons (Fsp3) is 0.0400. The Balaban J connectivity index is 1.51. The number of nitrogens with zero attached hydrogens (tertiary/aromatic N) is 3. The third-order valence-electron chi connectivity index (χ3n) is 4.59. The van der Waals surface area contributed by atoms with Gasteiger partial charge in [-0.05, 0) is 42.5 Å². The number of rotatable bonds is 7. The minimum Gasteiger partial charge on any atom is -0.454 e. The molecule has 7 heteroatoms. The topological polar surface area (TPSA) is 74.1 Å². The van der Waals surface area contributed by atoms with Crippen molar-refractivity contribution in [3.63, 3.8) is 0 Å². The second kappa shape index (κ2) is 9.98. The van der Waals surface area contributed by atoms with Crippen molar-refractivity contribution in [2.75, 3.05) is 6.61 Å². The number of benzene rings is 2. The molecule has 0 bridgehead atoms. The van der Waals surface area contributed by atoms with Crippen LogP contribution in [0.5, 0.6) is 0 Å². The van der Waals surface area contributed by atoms with Crippen LogP contribution in [0.15, 0.2) is 95.9 Å². The highest BCUT2D eigenvalue weighted by molar-refractivity contribution is 9.10. The Hall–Kier alpha value is -3.84. The summed E-state index contributed by atoms with van der Waals surface area (Å²) in [5, 5.41) is 4.67. The van der Waals surface area contributed by atoms with Crippen LogP contribution < -0.4 is 0 Å². The minimum absolute atomic E-state index is 0.277. The first-order valence-corrected chi connectivity index (χ1v) is 10.6. The molecule has 0 saturated carbocycles. The molecule has 0 spiro atoms. The standard InChI is InChI=1S/C25H18BrN3O3/c26-21-8-4-6-18(14-21)23(30)17-32-24(31)12-11-20-16-29(22-9-2-1-3-10-22)28-25(20)19-7-5-13-27-15-19/h1-16H,17H2/b12-11+. The lowest BCUT2D eigenvalue weighted by Crippen LogP contribution is -2.12. The lowest BCUT2D eigenvalue weighted by molar-refractivity contribution is -0.136. The van der Waals surface area contributed by atoms with E-state index in [1.165, 1.54) is 6.08 Å². The summed E-state index contributed by atoms with van der Waals surface area (Å²) in [6, 6.07) is 20.3. The van der Waals surface area contributed by atoms with E-state index in [1.54, 1.807) is 41.4 Å². The number of carbonyl (C=O) groups is 2. The van der Waals surface area contributed by atoms with Crippen LogP contribution in [0.3, 0.4) is 0 Å². The molecular weight excluding hydrogens is 470 g/mol. The van der Waals surface area contributed by atoms with E-state index in [1.807, 2.05) is 54.7 Å². The number of hydrogen-bond acceptors (Lipinski definition) is 5. The molecule has 158 valence electrons. The van der Waals surface area contributed by atoms with Gasteiger partial charge in [0.1, 0.15) is 5.69 Å². The van der Waals surface area contributed by atoms with E-state index in [2.05, 4.69) is 26.0 Å². The molecule has 0 fully saturated rings. The Labute approximate surface area is 193 Å². The lowest BCUT2D eigenvalue weighted by atomic mass is 10.1. The number of carbonyl (C=O) groups excluding carboxylic acids is 2. The minimum atomic E-state index is -0.613. The maximum absolute atomic E-state index is 12.2. The number of para-hydroxylation sites is 1. The molecule has 0 saturated heterocycles. The molecule has 0 atom stereocenters. The van der Waals surface area contributed by atoms with Gasteiger partial charge in [-0.1, -0.05) is 46.3 Å². The molecule has 4 rings (SSSR count). The summed E-state index contributed by atoms with van der Waals surface area (Å²) in [5.74, 6) is -0.890. The number of Topliss-reactive ketones (excluding diaryl/α,β-unsaturated/α-hetero) is 1. The highest BCUT2D eigenvalue weighted by Gasteiger charge is 2.12. The maximum Gasteiger partial charge on any atom is 0.331 e. The van der Waals surface area contributed by atoms with Crippen molar-refractivity contribution < 1.29 is 14.3 Å². The van der Waals surface area contributed by atoms with Gasteiger partial charge in [-0.3, -0.25) is 9.78 Å². The molecule has 0 amide bonds. The van der Waals surface area contributed by atoms with Crippen LogP contribution in [0.25, 0.3) is 23.0 Å². The van der Waals surface area contributed by atoms with Crippen LogP contribution >= 0.6 is 15.9 Å². The number of ether oxygens (including phenoxy) is 1. The van der Waals surface area contributed by atoms with Crippen LogP contribution in [0.2, 0.25) is 0 Å². The number of aromatic nitrogens is 3. The van der Waals surface area contributed by atoms with Gasteiger partial charge in [-0.15, -0.1) is 0 Å². The monoisotopic (exact) mass is 487 g/mol. The lowest BCUT2D eigenvalue weighted by Gasteiger charge is -2.02. The van der Waals surface area contributed by atoms with Crippen molar-refractivity contribution in [1.29, 1.82) is 0 Å². The second-order valence-corrected chi connectivity index (χ2v) is 7.75. The SMILES string of the molecule is O=C(/C=C/c1cn(-c2ccccc2)nc1-c1cccnc1)OCC(=O)c1cccc(Br)c1. The second-order valence-electron chi connectivity index (χ2n) is 6.83. The average Bonchev–Trinajstić information content (AvgIpc) is 3.26. The molecule has 2 aromatic heterocycles. The van der Waals surface area contributed by atoms with Gasteiger partial charge in [-0.2, -0.15) is 5.10 Å². The largest absolute Gasteiger partial charge is 0.454 e. The van der Waals surface area contributed by atoms with Gasteiger partial charge in [-0.25, -0.2) is 9.48 Å². The van der Waals surface area contributed by atoms with Crippen LogP contribution in [-0.4, -0.2) is 33.1 Å². The molecular formula is C25H18BrN3O3. The van der Waals surface area contributed by atoms with Crippen molar-refractivity contribution in [2.24, 2.45) is 0 Å². The molecule has 0 unspecified atom stereocenters. The smallest absolute Gasteiger partial charge is 0.331 e. The van der Waals surface area contributed by atoms with Gasteiger partial charge in [0.15, 0.2) is 12.4 Å². The first-order valence-electron chi connectivity index (χ1n) is 9.79. The van der Waals surface area contributed by atoms with Gasteiger partial charge in [0.05, 0.1) is 5.69 Å². The van der Waals surface area contributed by atoms with E-state index in [0.29, 0.717) is 11.3 Å². The van der Waals surface area contributed by atoms with Gasteiger partial charge in [0.2, 0.25) is 0 Å². The molecule has 0 aliphatic carbocycles. The molecule has 2 heterocycles. The Morgan fingerprint density at radius 1 is 1.03 bits per heavy atom. The van der Waals surface area contributed by atoms with E-state index in [9.17, 15) is 9.59 Å². The summed E-state index contributed by atoms with van der Waals surface area (Å²) in [6.45, 7) is -0.335. The van der Waals surface area contributed by atoms with Crippen molar-refractivity contribution in [1.82, 2.24) is 14.8 Å². The molecule has 0 N–H and O–H groups in total. The summed E-state index contributed by atoms with van der Waals surface area (Å²) < 4.78 is 7.65. The van der Waals surface area contributed by atoms with Crippen molar-refractivity contribution in [2.45, 2.75) is 0 Å². The third-order valence-corrected chi connectivity index (χ3v) is 5.08. The molecule has 0 radical (unpaired) electrons. The third kappa shape index (κ3) is 5.25. The fourth-order valence-corrected chi connectivity index (χ4v) is 3.44. The van der Waals surface area contributed by atoms with Crippen molar-refractivity contribution >= 4 is 33.8 Å². The van der Waals surface area contributed by atoms with Crippen LogP contribution in [0.4, 0.5) is 0 Å². The molecule has 32 heavy (non-hydrogen) atoms. The zero-order valence-corrected chi connectivity index (χ0v) is 18.5. The molecule has 6 nitrogen and oxygen atoms in total. The quantitative estimate of drug-likeness (QED) is 0.205. The summed E-state index contributed by atoms with van der Waals surface area (Å²) in [6.07, 6.45) is 8.14. The predicted molar refractivity (Wildman–Crippen MR) is 125 cm³/mol. The Morgan fingerprint density at radius 3 is 2.62 bits per heavy atom. The van der Waals surface area contributed by atoms with Gasteiger partial charge < -0.3 is 4.74 Å². The summed E-state index contributed by atoms with van der Waals surface area (Å²) in [7, 11) is 0. The van der Waals surface area contributed by atoms with Gasteiger partial charge in [0, 0.05) is 45.8 Å². The summed E-state index contributed by atoms with van der Waals surface area (Å²) >= 11 is 3.32. The van der Waals surface area contributed by atoms with Gasteiger partial charge in [0.25, 0.3) is 0 Å². The predicted octanol–water partition coefficient (Wildman–Crippen LogP) is 5.14. The molecule has 2 aromatic carbocycles. The first kappa shape index (κ1) is 21.4. The molecule has 0 aliphatic rings. The van der Waals surface area contributed by atoms with E-state index in [0.717, 1.165) is 21.3 Å². The maximum atomic E-state index is 12.2. The van der Waals surface area contributed by atoms with Crippen molar-refractivity contribution in [3.8, 4) is 16.9 Å². The normalized spacial score (nSPS) is 10.9. The zero-order valence-electron chi connectivity index (χ0n) is 16.9. The Bertz CT molecular complexity index is 1270. The van der Waals surface area contributed by atoms with E-state index >= 15 is 0 Å². The number of ketones is 1. The molecule has 4 aromatic rings. The average molecular weight is 488 g/mol. The van der Waals surface area contributed by atoms with Gasteiger partial charge >= 0.3 is 5.97 Å².